The number of amides is 1. The molecule has 0 aliphatic rings. The van der Waals surface area contributed by atoms with Crippen molar-refractivity contribution in [1.82, 2.24) is 4.57 Å². The molecule has 0 saturated heterocycles. The van der Waals surface area contributed by atoms with Crippen LogP contribution >= 0.6 is 0 Å². The maximum Gasteiger partial charge on any atom is 0.418 e. The minimum Gasteiger partial charge on any atom is -0.494 e. The molecule has 34 heavy (non-hydrogen) atoms. The molecule has 0 atom stereocenters. The molecular weight excluding hydrogens is 451 g/mol. The number of hydrogen-bond acceptors (Lipinski definition) is 5. The van der Waals surface area contributed by atoms with Gasteiger partial charge < -0.3 is 14.9 Å². The molecule has 0 aliphatic carbocycles. The van der Waals surface area contributed by atoms with Crippen molar-refractivity contribution < 1.29 is 32.9 Å². The van der Waals surface area contributed by atoms with Crippen molar-refractivity contribution in [1.29, 1.82) is 0 Å². The number of rotatable bonds is 5. The lowest BCUT2D eigenvalue weighted by Gasteiger charge is -2.08. The van der Waals surface area contributed by atoms with Crippen molar-refractivity contribution in [2.75, 3.05) is 6.61 Å². The average Bonchev–Trinajstić information content (AvgIpc) is 3.07. The molecule has 1 amide bonds. The predicted octanol–water partition coefficient (Wildman–Crippen LogP) is 6.38. The van der Waals surface area contributed by atoms with Gasteiger partial charge in [0.2, 0.25) is 11.8 Å². The van der Waals surface area contributed by atoms with Crippen molar-refractivity contribution in [2.45, 2.75) is 13.1 Å². The highest BCUT2D eigenvalue weighted by atomic mass is 19.4. The number of ether oxygens (including phenoxy) is 1. The van der Waals surface area contributed by atoms with Gasteiger partial charge in [0.1, 0.15) is 5.75 Å². The topological polar surface area (TPSA) is 96.4 Å². The van der Waals surface area contributed by atoms with Gasteiger partial charge in [-0.1, -0.05) is 12.1 Å². The first-order valence-corrected chi connectivity index (χ1v) is 10.1. The zero-order valence-corrected chi connectivity index (χ0v) is 17.7. The van der Waals surface area contributed by atoms with Crippen molar-refractivity contribution in [3.05, 3.63) is 77.9 Å². The van der Waals surface area contributed by atoms with Gasteiger partial charge in [0.15, 0.2) is 0 Å². The van der Waals surface area contributed by atoms with Crippen LogP contribution < -0.4 is 4.74 Å². The fourth-order valence-electron chi connectivity index (χ4n) is 3.46. The molecule has 3 aromatic carbocycles. The number of hydrogen-bond donors (Lipinski definition) is 2. The van der Waals surface area contributed by atoms with Gasteiger partial charge in [-0.3, -0.25) is 9.36 Å². The molecule has 7 nitrogen and oxygen atoms in total. The Labute approximate surface area is 191 Å². The summed E-state index contributed by atoms with van der Waals surface area (Å²) < 4.78 is 45.9. The van der Waals surface area contributed by atoms with Crippen LogP contribution in [0.5, 0.6) is 17.5 Å². The third kappa shape index (κ3) is 4.29. The van der Waals surface area contributed by atoms with Crippen LogP contribution in [0.4, 0.5) is 18.9 Å². The molecule has 0 spiro atoms. The van der Waals surface area contributed by atoms with Gasteiger partial charge in [-0.05, 0) is 61.5 Å². The molecule has 0 unspecified atom stereocenters. The van der Waals surface area contributed by atoms with E-state index in [1.807, 2.05) is 6.92 Å². The number of azo groups is 1. The lowest BCUT2D eigenvalue weighted by molar-refractivity contribution is -0.137. The molecule has 4 rings (SSSR count). The van der Waals surface area contributed by atoms with Crippen LogP contribution in [0.1, 0.15) is 22.8 Å². The van der Waals surface area contributed by atoms with Crippen LogP contribution in [0.15, 0.2) is 77.0 Å². The van der Waals surface area contributed by atoms with Crippen LogP contribution in [-0.2, 0) is 6.18 Å². The quantitative estimate of drug-likeness (QED) is 0.331. The molecule has 0 aliphatic heterocycles. The molecule has 2 N–H and O–H groups in total. The summed E-state index contributed by atoms with van der Waals surface area (Å²) in [6.07, 6.45) is -4.65. The van der Waals surface area contributed by atoms with E-state index in [-0.39, 0.29) is 28.1 Å². The Hall–Kier alpha value is -4.34. The second-order valence-corrected chi connectivity index (χ2v) is 7.19. The summed E-state index contributed by atoms with van der Waals surface area (Å²) in [4.78, 5) is 12.5. The van der Waals surface area contributed by atoms with Crippen molar-refractivity contribution >= 4 is 22.4 Å². The Balaban J connectivity index is 1.67. The summed E-state index contributed by atoms with van der Waals surface area (Å²) in [5.41, 5.74) is -1.09. The molecule has 1 aromatic heterocycles. The number of benzene rings is 3. The lowest BCUT2D eigenvalue weighted by atomic mass is 10.1. The van der Waals surface area contributed by atoms with E-state index in [4.69, 9.17) is 4.74 Å². The first kappa shape index (κ1) is 22.8. The largest absolute Gasteiger partial charge is 0.494 e. The number of carbonyl (C=O) groups is 1. The van der Waals surface area contributed by atoms with E-state index in [2.05, 4.69) is 10.2 Å². The number of aromatic hydroxyl groups is 2. The van der Waals surface area contributed by atoms with Crippen LogP contribution in [0, 0.1) is 0 Å². The van der Waals surface area contributed by atoms with E-state index in [0.29, 0.717) is 18.0 Å². The summed E-state index contributed by atoms with van der Waals surface area (Å²) in [5.74, 6) is -0.874. The Kier molecular flexibility index (Phi) is 5.97. The summed E-state index contributed by atoms with van der Waals surface area (Å²) >= 11 is 0. The molecule has 0 saturated carbocycles. The normalized spacial score (nSPS) is 11.9. The Morgan fingerprint density at radius 1 is 0.971 bits per heavy atom. The summed E-state index contributed by atoms with van der Waals surface area (Å²) in [7, 11) is 0. The molecule has 0 radical (unpaired) electrons. The highest BCUT2D eigenvalue weighted by Crippen LogP contribution is 2.40. The average molecular weight is 469 g/mol. The maximum absolute atomic E-state index is 13.1. The van der Waals surface area contributed by atoms with E-state index in [1.165, 1.54) is 34.9 Å². The second-order valence-electron chi connectivity index (χ2n) is 7.19. The molecule has 0 fully saturated rings. The number of carbonyl (C=O) groups excluding carboxylic acids is 1. The highest BCUT2D eigenvalue weighted by molar-refractivity contribution is 6.02. The second kappa shape index (κ2) is 8.89. The van der Waals surface area contributed by atoms with E-state index in [9.17, 15) is 28.2 Å². The third-order valence-electron chi connectivity index (χ3n) is 5.04. The zero-order chi connectivity index (χ0) is 24.5. The van der Waals surface area contributed by atoms with Gasteiger partial charge in [-0.15, -0.1) is 10.2 Å². The fraction of sp³-hybridized carbons (Fsp3) is 0.125. The Morgan fingerprint density at radius 2 is 1.65 bits per heavy atom. The monoisotopic (exact) mass is 469 g/mol. The highest BCUT2D eigenvalue weighted by Gasteiger charge is 2.33. The van der Waals surface area contributed by atoms with Gasteiger partial charge in [0.05, 0.1) is 23.5 Å². The summed E-state index contributed by atoms with van der Waals surface area (Å²) in [5, 5.41) is 28.6. The number of alkyl halides is 3. The molecule has 4 aromatic rings. The van der Waals surface area contributed by atoms with Gasteiger partial charge in [-0.25, -0.2) is 0 Å². The molecular formula is C24H18F3N3O4. The number of nitrogens with zero attached hydrogens (tertiary/aromatic N) is 3. The third-order valence-corrected chi connectivity index (χ3v) is 5.04. The van der Waals surface area contributed by atoms with Gasteiger partial charge in [0, 0.05) is 16.3 Å². The molecule has 0 bridgehead atoms. The molecule has 1 heterocycles. The Morgan fingerprint density at radius 3 is 2.32 bits per heavy atom. The fourth-order valence-corrected chi connectivity index (χ4v) is 3.46. The lowest BCUT2D eigenvalue weighted by Crippen LogP contribution is -2.04. The van der Waals surface area contributed by atoms with Crippen molar-refractivity contribution in [3.8, 4) is 23.2 Å². The Bertz CT molecular complexity index is 1390. The summed E-state index contributed by atoms with van der Waals surface area (Å²) in [6, 6.07) is 15.2. The van der Waals surface area contributed by atoms with Gasteiger partial charge in [-0.2, -0.15) is 13.2 Å². The van der Waals surface area contributed by atoms with E-state index >= 15 is 0 Å². The van der Waals surface area contributed by atoms with E-state index in [0.717, 1.165) is 12.1 Å². The first-order chi connectivity index (χ1) is 16.2. The molecule has 10 heteroatoms. The van der Waals surface area contributed by atoms with Crippen molar-refractivity contribution in [2.24, 2.45) is 10.2 Å². The minimum absolute atomic E-state index is 0.0279. The summed E-state index contributed by atoms with van der Waals surface area (Å²) in [6.45, 7) is 2.33. The standard InChI is InChI=1S/C24H18F3N3O4/c1-2-34-16-10-8-15(9-11-16)30-22(32)17-12-7-14(13-18(17)23(30)33)21(31)29-28-20-6-4-3-5-19(20)24(25,26)27/h3-13,32-33H,2H2,1H3. The van der Waals surface area contributed by atoms with E-state index in [1.54, 1.807) is 24.3 Å². The minimum atomic E-state index is -4.65. The first-order valence-electron chi connectivity index (χ1n) is 10.1. The number of aromatic nitrogens is 1. The molecule has 174 valence electrons. The maximum atomic E-state index is 13.1. The number of fused-ring (bicyclic) bond motifs is 1. The van der Waals surface area contributed by atoms with Crippen LogP contribution in [0.2, 0.25) is 0 Å². The zero-order valence-electron chi connectivity index (χ0n) is 17.7. The smallest absolute Gasteiger partial charge is 0.418 e. The van der Waals surface area contributed by atoms with Crippen LogP contribution in [0.3, 0.4) is 0 Å². The van der Waals surface area contributed by atoms with Crippen LogP contribution in [0.25, 0.3) is 16.5 Å². The van der Waals surface area contributed by atoms with Crippen LogP contribution in [-0.4, -0.2) is 27.3 Å². The van der Waals surface area contributed by atoms with Crippen molar-refractivity contribution in [3.63, 3.8) is 0 Å². The SMILES string of the molecule is CCOc1ccc(-n2c(O)c3ccc(C(=O)N=Nc4ccccc4C(F)(F)F)cc3c2O)cc1. The van der Waals surface area contributed by atoms with Gasteiger partial charge in [0.25, 0.3) is 5.91 Å². The predicted molar refractivity (Wildman–Crippen MR) is 118 cm³/mol. The number of halogens is 3. The van der Waals surface area contributed by atoms with Gasteiger partial charge >= 0.3 is 6.18 Å². The van der Waals surface area contributed by atoms with E-state index < -0.39 is 23.3 Å².